The van der Waals surface area contributed by atoms with Crippen LogP contribution in [0.3, 0.4) is 0 Å². The van der Waals surface area contributed by atoms with E-state index >= 15 is 0 Å². The van der Waals surface area contributed by atoms with Gasteiger partial charge >= 0.3 is 0 Å². The van der Waals surface area contributed by atoms with Gasteiger partial charge in [0.25, 0.3) is 0 Å². The van der Waals surface area contributed by atoms with Crippen LogP contribution < -0.4 is 15.4 Å². The molecule has 0 saturated carbocycles. The number of morpholine rings is 1. The highest BCUT2D eigenvalue weighted by molar-refractivity contribution is 5.79. The molecule has 140 valence electrons. The van der Waals surface area contributed by atoms with Gasteiger partial charge in [0.1, 0.15) is 5.75 Å². The first-order valence-electron chi connectivity index (χ1n) is 9.05. The first-order chi connectivity index (χ1) is 12.2. The van der Waals surface area contributed by atoms with Crippen LogP contribution >= 0.6 is 0 Å². The number of rotatable bonds is 7. The van der Waals surface area contributed by atoms with Gasteiger partial charge in [0.15, 0.2) is 5.96 Å². The van der Waals surface area contributed by atoms with Crippen LogP contribution in [0.5, 0.6) is 5.75 Å². The summed E-state index contributed by atoms with van der Waals surface area (Å²) in [6.45, 7) is 8.76. The summed E-state index contributed by atoms with van der Waals surface area (Å²) in [5.74, 6) is 1.77. The molecule has 1 aliphatic rings. The number of aliphatic imine (C=N–C) groups is 1. The highest BCUT2D eigenvalue weighted by Crippen LogP contribution is 2.17. The molecule has 6 heteroatoms. The zero-order chi connectivity index (χ0) is 18.1. The van der Waals surface area contributed by atoms with E-state index in [1.165, 1.54) is 5.56 Å². The third-order valence-electron chi connectivity index (χ3n) is 4.65. The number of methoxy groups -OCH3 is 1. The largest absolute Gasteiger partial charge is 0.496 e. The van der Waals surface area contributed by atoms with Crippen molar-refractivity contribution in [2.45, 2.75) is 32.4 Å². The van der Waals surface area contributed by atoms with E-state index in [9.17, 15) is 0 Å². The van der Waals surface area contributed by atoms with E-state index < -0.39 is 0 Å². The Kier molecular flexibility index (Phi) is 8.01. The van der Waals surface area contributed by atoms with Crippen LogP contribution in [0, 0.1) is 0 Å². The molecule has 0 aromatic heterocycles. The van der Waals surface area contributed by atoms with Crippen LogP contribution in [0.2, 0.25) is 0 Å². The van der Waals surface area contributed by atoms with Crippen molar-refractivity contribution >= 4 is 5.96 Å². The maximum Gasteiger partial charge on any atom is 0.191 e. The predicted molar refractivity (Wildman–Crippen MR) is 103 cm³/mol. The van der Waals surface area contributed by atoms with Crippen molar-refractivity contribution < 1.29 is 9.47 Å². The standard InChI is InChI=1S/C19H32N4O2/c1-15(23-11-12-25-14-16(23)2)13-22-19(20-3)21-10-9-17-7-5-6-8-18(17)24-4/h5-8,15-16H,9-14H2,1-4H3,(H2,20,21,22). The summed E-state index contributed by atoms with van der Waals surface area (Å²) < 4.78 is 10.9. The van der Waals surface area contributed by atoms with E-state index in [-0.39, 0.29) is 0 Å². The molecule has 1 saturated heterocycles. The molecule has 0 spiro atoms. The molecule has 6 nitrogen and oxygen atoms in total. The molecule has 0 amide bonds. The number of hydrogen-bond acceptors (Lipinski definition) is 4. The second-order valence-corrected chi connectivity index (χ2v) is 6.45. The molecule has 1 aromatic carbocycles. The first kappa shape index (κ1) is 19.5. The number of benzene rings is 1. The number of ether oxygens (including phenoxy) is 2. The van der Waals surface area contributed by atoms with Crippen LogP contribution in [0.4, 0.5) is 0 Å². The van der Waals surface area contributed by atoms with Gasteiger partial charge in [0, 0.05) is 38.8 Å². The van der Waals surface area contributed by atoms with Crippen LogP contribution in [-0.4, -0.2) is 69.9 Å². The van der Waals surface area contributed by atoms with Crippen molar-refractivity contribution in [1.82, 2.24) is 15.5 Å². The van der Waals surface area contributed by atoms with Crippen molar-refractivity contribution in [3.05, 3.63) is 29.8 Å². The summed E-state index contributed by atoms with van der Waals surface area (Å²) in [7, 11) is 3.52. The Morgan fingerprint density at radius 1 is 1.40 bits per heavy atom. The van der Waals surface area contributed by atoms with E-state index in [4.69, 9.17) is 9.47 Å². The zero-order valence-corrected chi connectivity index (χ0v) is 15.9. The maximum absolute atomic E-state index is 5.51. The number of hydrogen-bond donors (Lipinski definition) is 2. The average Bonchev–Trinajstić information content (AvgIpc) is 2.65. The minimum Gasteiger partial charge on any atom is -0.496 e. The average molecular weight is 348 g/mol. The quantitative estimate of drug-likeness (QED) is 0.578. The van der Waals surface area contributed by atoms with Crippen LogP contribution in [0.15, 0.2) is 29.3 Å². The lowest BCUT2D eigenvalue weighted by molar-refractivity contribution is -0.0174. The van der Waals surface area contributed by atoms with Crippen molar-refractivity contribution in [2.75, 3.05) is 47.0 Å². The van der Waals surface area contributed by atoms with E-state index in [0.717, 1.165) is 51.0 Å². The van der Waals surface area contributed by atoms with Crippen LogP contribution in [0.25, 0.3) is 0 Å². The third-order valence-corrected chi connectivity index (χ3v) is 4.65. The predicted octanol–water partition coefficient (Wildman–Crippen LogP) is 1.51. The molecular formula is C19H32N4O2. The number of para-hydroxylation sites is 1. The van der Waals surface area contributed by atoms with Gasteiger partial charge in [-0.2, -0.15) is 0 Å². The van der Waals surface area contributed by atoms with Gasteiger partial charge in [-0.3, -0.25) is 9.89 Å². The van der Waals surface area contributed by atoms with Gasteiger partial charge < -0.3 is 20.1 Å². The molecule has 0 bridgehead atoms. The van der Waals surface area contributed by atoms with Gasteiger partial charge in [0.05, 0.1) is 20.3 Å². The first-order valence-corrected chi connectivity index (χ1v) is 9.05. The van der Waals surface area contributed by atoms with Crippen molar-refractivity contribution in [1.29, 1.82) is 0 Å². The number of nitrogens with one attached hydrogen (secondary N) is 2. The normalized spacial score (nSPS) is 20.2. The van der Waals surface area contributed by atoms with Crippen molar-refractivity contribution in [2.24, 2.45) is 4.99 Å². The lowest BCUT2D eigenvalue weighted by Crippen LogP contribution is -2.53. The molecule has 1 heterocycles. The molecule has 2 N–H and O–H groups in total. The van der Waals surface area contributed by atoms with E-state index in [1.54, 1.807) is 14.2 Å². The molecule has 1 aromatic rings. The molecule has 2 unspecified atom stereocenters. The van der Waals surface area contributed by atoms with Gasteiger partial charge in [-0.05, 0) is 31.9 Å². The van der Waals surface area contributed by atoms with Crippen LogP contribution in [-0.2, 0) is 11.2 Å². The summed E-state index contributed by atoms with van der Waals surface area (Å²) in [4.78, 5) is 6.80. The molecule has 2 atom stereocenters. The van der Waals surface area contributed by atoms with Gasteiger partial charge in [0.2, 0.25) is 0 Å². The topological polar surface area (TPSA) is 58.1 Å². The molecule has 1 aliphatic heterocycles. The molecule has 0 radical (unpaired) electrons. The van der Waals surface area contributed by atoms with E-state index in [2.05, 4.69) is 40.4 Å². The molecule has 25 heavy (non-hydrogen) atoms. The fourth-order valence-corrected chi connectivity index (χ4v) is 3.20. The monoisotopic (exact) mass is 348 g/mol. The third kappa shape index (κ3) is 5.90. The van der Waals surface area contributed by atoms with Crippen molar-refractivity contribution in [3.63, 3.8) is 0 Å². The Morgan fingerprint density at radius 2 is 2.20 bits per heavy atom. The van der Waals surface area contributed by atoms with Crippen LogP contribution in [0.1, 0.15) is 19.4 Å². The summed E-state index contributed by atoms with van der Waals surface area (Å²) in [5.41, 5.74) is 1.20. The fraction of sp³-hybridized carbons (Fsp3) is 0.632. The summed E-state index contributed by atoms with van der Waals surface area (Å²) in [5, 5.41) is 6.81. The molecule has 2 rings (SSSR count). The van der Waals surface area contributed by atoms with Crippen molar-refractivity contribution in [3.8, 4) is 5.75 Å². The zero-order valence-electron chi connectivity index (χ0n) is 15.9. The summed E-state index contributed by atoms with van der Waals surface area (Å²) in [6.07, 6.45) is 0.890. The second-order valence-electron chi connectivity index (χ2n) is 6.45. The minimum atomic E-state index is 0.437. The Labute approximate surface area is 151 Å². The molecular weight excluding hydrogens is 316 g/mol. The van der Waals surface area contributed by atoms with Gasteiger partial charge in [-0.25, -0.2) is 0 Å². The minimum absolute atomic E-state index is 0.437. The summed E-state index contributed by atoms with van der Waals surface area (Å²) >= 11 is 0. The Morgan fingerprint density at radius 3 is 2.92 bits per heavy atom. The van der Waals surface area contributed by atoms with Gasteiger partial charge in [-0.15, -0.1) is 0 Å². The summed E-state index contributed by atoms with van der Waals surface area (Å²) in [6, 6.07) is 9.02. The van der Waals surface area contributed by atoms with E-state index in [0.29, 0.717) is 12.1 Å². The molecule has 1 fully saturated rings. The molecule has 0 aliphatic carbocycles. The number of nitrogens with zero attached hydrogens (tertiary/aromatic N) is 2. The maximum atomic E-state index is 5.51. The highest BCUT2D eigenvalue weighted by Gasteiger charge is 2.23. The number of guanidine groups is 1. The Bertz CT molecular complexity index is 550. The Balaban J connectivity index is 1.75. The van der Waals surface area contributed by atoms with E-state index in [1.807, 2.05) is 18.2 Å². The fourth-order valence-electron chi connectivity index (χ4n) is 3.20. The smallest absolute Gasteiger partial charge is 0.191 e. The highest BCUT2D eigenvalue weighted by atomic mass is 16.5. The Hall–Kier alpha value is -1.79. The van der Waals surface area contributed by atoms with Gasteiger partial charge in [-0.1, -0.05) is 18.2 Å². The SMILES string of the molecule is CN=C(NCCc1ccccc1OC)NCC(C)N1CCOCC1C. The second kappa shape index (κ2) is 10.3. The lowest BCUT2D eigenvalue weighted by atomic mass is 10.1. The lowest BCUT2D eigenvalue weighted by Gasteiger charge is -2.38.